The summed E-state index contributed by atoms with van der Waals surface area (Å²) in [4.78, 5) is 12.1. The lowest BCUT2D eigenvalue weighted by Gasteiger charge is -2.14. The Morgan fingerprint density at radius 3 is 2.71 bits per heavy atom. The molecule has 2 rings (SSSR count). The molecule has 0 radical (unpaired) electrons. The lowest BCUT2D eigenvalue weighted by molar-refractivity contribution is -0.119. The Morgan fingerprint density at radius 2 is 2.04 bits per heavy atom. The number of carbonyl (C=O) groups excluding carboxylic acids is 1. The summed E-state index contributed by atoms with van der Waals surface area (Å²) in [6, 6.07) is 13.2. The van der Waals surface area contributed by atoms with Crippen molar-refractivity contribution in [3.05, 3.63) is 58.6 Å². The van der Waals surface area contributed by atoms with Gasteiger partial charge in [0, 0.05) is 23.2 Å². The Labute approximate surface area is 148 Å². The predicted octanol–water partition coefficient (Wildman–Crippen LogP) is 4.02. The number of ether oxygens (including phenoxy) is 1. The van der Waals surface area contributed by atoms with Gasteiger partial charge < -0.3 is 15.4 Å². The molecule has 2 N–H and O–H groups in total. The number of carbonyl (C=O) groups is 1. The van der Waals surface area contributed by atoms with Gasteiger partial charge in [-0.1, -0.05) is 30.7 Å². The van der Waals surface area contributed by atoms with Crippen molar-refractivity contribution in [2.45, 2.75) is 20.5 Å². The van der Waals surface area contributed by atoms with Gasteiger partial charge in [-0.3, -0.25) is 4.79 Å². The largest absolute Gasteiger partial charge is 0.489 e. The highest BCUT2D eigenvalue weighted by atomic mass is 35.5. The molecule has 0 spiro atoms. The van der Waals surface area contributed by atoms with Crippen molar-refractivity contribution in [3.63, 3.8) is 0 Å². The number of aryl methyl sites for hydroxylation is 1. The quantitative estimate of drug-likeness (QED) is 0.796. The zero-order chi connectivity index (χ0) is 17.5. The first-order valence-electron chi connectivity index (χ1n) is 7.93. The third-order valence-corrected chi connectivity index (χ3v) is 3.94. The first kappa shape index (κ1) is 18.3. The molecule has 4 nitrogen and oxygen atoms in total. The summed E-state index contributed by atoms with van der Waals surface area (Å²) in [7, 11) is 1.83. The minimum Gasteiger partial charge on any atom is -0.489 e. The maximum Gasteiger partial charge on any atom is 0.228 e. The number of hydrogen-bond acceptors (Lipinski definition) is 3. The van der Waals surface area contributed by atoms with Gasteiger partial charge in [0.1, 0.15) is 12.4 Å². The first-order valence-corrected chi connectivity index (χ1v) is 8.30. The molecule has 0 aromatic heterocycles. The maximum atomic E-state index is 12.1. The molecule has 0 aliphatic rings. The van der Waals surface area contributed by atoms with Crippen molar-refractivity contribution in [3.8, 4) is 5.75 Å². The molecule has 0 bridgehead atoms. The predicted molar refractivity (Wildman–Crippen MR) is 98.7 cm³/mol. The maximum absolute atomic E-state index is 12.1. The summed E-state index contributed by atoms with van der Waals surface area (Å²) >= 11 is 5.97. The van der Waals surface area contributed by atoms with Crippen LogP contribution in [0.2, 0.25) is 5.02 Å². The van der Waals surface area contributed by atoms with Crippen LogP contribution in [-0.2, 0) is 11.4 Å². The van der Waals surface area contributed by atoms with Crippen molar-refractivity contribution >= 4 is 23.2 Å². The third kappa shape index (κ3) is 5.25. The van der Waals surface area contributed by atoms with Crippen molar-refractivity contribution in [1.82, 2.24) is 5.32 Å². The van der Waals surface area contributed by atoms with Gasteiger partial charge >= 0.3 is 0 Å². The van der Waals surface area contributed by atoms with Crippen LogP contribution in [0.25, 0.3) is 0 Å². The van der Waals surface area contributed by atoms with E-state index in [-0.39, 0.29) is 11.8 Å². The van der Waals surface area contributed by atoms with Gasteiger partial charge in [-0.25, -0.2) is 0 Å². The fraction of sp³-hybridized carbons (Fsp3) is 0.316. The molecule has 0 fully saturated rings. The Balaban J connectivity index is 1.97. The minimum absolute atomic E-state index is 0.0000424. The number of rotatable bonds is 7. The zero-order valence-electron chi connectivity index (χ0n) is 14.2. The molecule has 1 amide bonds. The van der Waals surface area contributed by atoms with Gasteiger partial charge in [-0.15, -0.1) is 0 Å². The van der Waals surface area contributed by atoms with Gasteiger partial charge in [0.15, 0.2) is 0 Å². The molecule has 2 aromatic rings. The standard InChI is InChI=1S/C19H23ClN2O2/c1-13-9-17(24-12-15-5-4-6-16(20)10-15)7-8-18(13)22-19(23)14(2)11-21-3/h4-10,14,21H,11-12H2,1-3H3,(H,22,23). The van der Waals surface area contributed by atoms with E-state index in [1.807, 2.05) is 63.4 Å². The Hall–Kier alpha value is -2.04. The van der Waals surface area contributed by atoms with Crippen LogP contribution in [-0.4, -0.2) is 19.5 Å². The summed E-state index contributed by atoms with van der Waals surface area (Å²) in [6.07, 6.45) is 0. The van der Waals surface area contributed by atoms with E-state index in [4.69, 9.17) is 16.3 Å². The normalized spacial score (nSPS) is 11.8. The van der Waals surface area contributed by atoms with Crippen molar-refractivity contribution in [1.29, 1.82) is 0 Å². The van der Waals surface area contributed by atoms with Crippen LogP contribution in [0.5, 0.6) is 5.75 Å². The van der Waals surface area contributed by atoms with Crippen LogP contribution in [0.3, 0.4) is 0 Å². The molecule has 0 saturated carbocycles. The fourth-order valence-electron chi connectivity index (χ4n) is 2.31. The van der Waals surface area contributed by atoms with Gasteiger partial charge in [-0.2, -0.15) is 0 Å². The molecule has 24 heavy (non-hydrogen) atoms. The van der Waals surface area contributed by atoms with Gasteiger partial charge in [0.2, 0.25) is 5.91 Å². The smallest absolute Gasteiger partial charge is 0.228 e. The van der Waals surface area contributed by atoms with Gasteiger partial charge in [0.25, 0.3) is 0 Å². The molecule has 0 saturated heterocycles. The summed E-state index contributed by atoms with van der Waals surface area (Å²) in [5.74, 6) is 0.668. The number of amides is 1. The first-order chi connectivity index (χ1) is 11.5. The van der Waals surface area contributed by atoms with Crippen LogP contribution in [0, 0.1) is 12.8 Å². The van der Waals surface area contributed by atoms with Crippen LogP contribution in [0.15, 0.2) is 42.5 Å². The molecule has 1 unspecified atom stereocenters. The lowest BCUT2D eigenvalue weighted by Crippen LogP contribution is -2.28. The second-order valence-corrected chi connectivity index (χ2v) is 6.28. The molecular weight excluding hydrogens is 324 g/mol. The zero-order valence-corrected chi connectivity index (χ0v) is 15.0. The highest BCUT2D eigenvalue weighted by molar-refractivity contribution is 6.30. The van der Waals surface area contributed by atoms with E-state index in [0.717, 1.165) is 22.6 Å². The third-order valence-electron chi connectivity index (χ3n) is 3.71. The molecule has 0 aliphatic heterocycles. The van der Waals surface area contributed by atoms with E-state index in [1.54, 1.807) is 0 Å². The number of nitrogens with one attached hydrogen (secondary N) is 2. The molecule has 0 aliphatic carbocycles. The number of hydrogen-bond donors (Lipinski definition) is 2. The Bertz CT molecular complexity index is 704. The number of benzene rings is 2. The fourth-order valence-corrected chi connectivity index (χ4v) is 2.53. The number of halogens is 1. The van der Waals surface area contributed by atoms with E-state index in [1.165, 1.54) is 0 Å². The lowest BCUT2D eigenvalue weighted by atomic mass is 10.1. The molecule has 0 heterocycles. The molecule has 5 heteroatoms. The number of anilines is 1. The second-order valence-electron chi connectivity index (χ2n) is 5.84. The highest BCUT2D eigenvalue weighted by Crippen LogP contribution is 2.23. The SMILES string of the molecule is CNCC(C)C(=O)Nc1ccc(OCc2cccc(Cl)c2)cc1C. The molecular formula is C19H23ClN2O2. The van der Waals surface area contributed by atoms with Crippen molar-refractivity contribution in [2.24, 2.45) is 5.92 Å². The summed E-state index contributed by atoms with van der Waals surface area (Å²) in [6.45, 7) is 4.94. The summed E-state index contributed by atoms with van der Waals surface area (Å²) in [5.41, 5.74) is 2.78. The van der Waals surface area contributed by atoms with Crippen LogP contribution in [0.4, 0.5) is 5.69 Å². The summed E-state index contributed by atoms with van der Waals surface area (Å²) in [5, 5.41) is 6.65. The van der Waals surface area contributed by atoms with Crippen molar-refractivity contribution < 1.29 is 9.53 Å². The van der Waals surface area contributed by atoms with E-state index in [0.29, 0.717) is 18.2 Å². The Morgan fingerprint density at radius 1 is 1.25 bits per heavy atom. The van der Waals surface area contributed by atoms with E-state index in [2.05, 4.69) is 10.6 Å². The average molecular weight is 347 g/mol. The Kier molecular flexibility index (Phi) is 6.64. The molecule has 1 atom stereocenters. The van der Waals surface area contributed by atoms with Crippen LogP contribution in [0.1, 0.15) is 18.1 Å². The van der Waals surface area contributed by atoms with Crippen molar-refractivity contribution in [2.75, 3.05) is 18.9 Å². The van der Waals surface area contributed by atoms with Gasteiger partial charge in [-0.05, 0) is 55.4 Å². The van der Waals surface area contributed by atoms with E-state index >= 15 is 0 Å². The van der Waals surface area contributed by atoms with Crippen LogP contribution < -0.4 is 15.4 Å². The highest BCUT2D eigenvalue weighted by Gasteiger charge is 2.13. The van der Waals surface area contributed by atoms with Crippen LogP contribution >= 0.6 is 11.6 Å². The van der Waals surface area contributed by atoms with E-state index < -0.39 is 0 Å². The molecule has 2 aromatic carbocycles. The monoisotopic (exact) mass is 346 g/mol. The van der Waals surface area contributed by atoms with E-state index in [9.17, 15) is 4.79 Å². The average Bonchev–Trinajstić information content (AvgIpc) is 2.55. The minimum atomic E-state index is -0.0897. The second kappa shape index (κ2) is 8.71. The van der Waals surface area contributed by atoms with Gasteiger partial charge in [0.05, 0.1) is 0 Å². The molecule has 128 valence electrons. The topological polar surface area (TPSA) is 50.4 Å². The summed E-state index contributed by atoms with van der Waals surface area (Å²) < 4.78 is 5.79.